The van der Waals surface area contributed by atoms with Crippen molar-refractivity contribution in [1.82, 2.24) is 15.0 Å². The summed E-state index contributed by atoms with van der Waals surface area (Å²) in [7, 11) is 0. The van der Waals surface area contributed by atoms with E-state index in [0.29, 0.717) is 28.6 Å². The molecule has 0 saturated carbocycles. The highest BCUT2D eigenvalue weighted by molar-refractivity contribution is 6.08. The lowest BCUT2D eigenvalue weighted by Gasteiger charge is -2.12. The van der Waals surface area contributed by atoms with Crippen molar-refractivity contribution in [1.29, 1.82) is 0 Å². The van der Waals surface area contributed by atoms with Crippen LogP contribution in [-0.2, 0) is 0 Å². The Morgan fingerprint density at radius 2 is 0.776 bits per heavy atom. The van der Waals surface area contributed by atoms with E-state index in [2.05, 4.69) is 109 Å². The number of aromatic nitrogens is 3. The van der Waals surface area contributed by atoms with Gasteiger partial charge in [0.25, 0.3) is 0 Å². The lowest BCUT2D eigenvalue weighted by Crippen LogP contribution is -2.00. The summed E-state index contributed by atoms with van der Waals surface area (Å²) < 4.78 is 60.6. The molecular formula is C55H35N3. The Labute approximate surface area is 346 Å². The molecule has 3 heteroatoms. The highest BCUT2D eigenvalue weighted by Gasteiger charge is 2.15. The molecule has 0 radical (unpaired) electrons. The van der Waals surface area contributed by atoms with Crippen LogP contribution in [0.1, 0.15) is 9.60 Å². The second-order valence-corrected chi connectivity index (χ2v) is 14.3. The summed E-state index contributed by atoms with van der Waals surface area (Å²) in [6.45, 7) is 0. The van der Waals surface area contributed by atoms with Crippen molar-refractivity contribution < 1.29 is 9.60 Å². The van der Waals surface area contributed by atoms with Gasteiger partial charge >= 0.3 is 0 Å². The second kappa shape index (κ2) is 14.1. The van der Waals surface area contributed by atoms with Gasteiger partial charge in [-0.1, -0.05) is 182 Å². The highest BCUT2D eigenvalue weighted by Crippen LogP contribution is 2.35. The molecule has 0 amide bonds. The topological polar surface area (TPSA) is 38.7 Å². The molecule has 0 bridgehead atoms. The first-order valence-corrected chi connectivity index (χ1v) is 19.1. The van der Waals surface area contributed by atoms with E-state index in [1.54, 1.807) is 18.2 Å². The monoisotopic (exact) mass is 744 g/mol. The Kier molecular flexibility index (Phi) is 6.54. The summed E-state index contributed by atoms with van der Waals surface area (Å²) in [4.78, 5) is 15.2. The number of hydrogen-bond donors (Lipinski definition) is 0. The van der Waals surface area contributed by atoms with E-state index in [4.69, 9.17) is 24.5 Å². The van der Waals surface area contributed by atoms with Gasteiger partial charge in [0.1, 0.15) is 0 Å². The van der Waals surface area contributed by atoms with Crippen LogP contribution in [0.3, 0.4) is 0 Å². The van der Waals surface area contributed by atoms with E-state index >= 15 is 0 Å². The molecule has 10 aromatic carbocycles. The van der Waals surface area contributed by atoms with Gasteiger partial charge in [-0.05, 0) is 107 Å². The summed E-state index contributed by atoms with van der Waals surface area (Å²) in [5, 5.41) is 6.71. The third-order valence-electron chi connectivity index (χ3n) is 10.8. The molecule has 0 fully saturated rings. The van der Waals surface area contributed by atoms with Crippen molar-refractivity contribution in [2.24, 2.45) is 0 Å². The first kappa shape index (κ1) is 27.0. The quantitative estimate of drug-likeness (QED) is 0.159. The zero-order valence-corrected chi connectivity index (χ0v) is 31.0. The van der Waals surface area contributed by atoms with Crippen LogP contribution in [0, 0.1) is 0 Å². The van der Waals surface area contributed by atoms with Gasteiger partial charge in [-0.25, -0.2) is 15.0 Å². The van der Waals surface area contributed by atoms with Crippen LogP contribution in [0.5, 0.6) is 0 Å². The smallest absolute Gasteiger partial charge is 0.164 e. The van der Waals surface area contributed by atoms with Gasteiger partial charge < -0.3 is 0 Å². The van der Waals surface area contributed by atoms with Crippen LogP contribution in [0.2, 0.25) is 0 Å². The maximum Gasteiger partial charge on any atom is 0.164 e. The molecule has 0 unspecified atom stereocenters. The van der Waals surface area contributed by atoms with Crippen LogP contribution in [0.25, 0.3) is 111 Å². The number of rotatable bonds is 6. The molecule has 3 nitrogen and oxygen atoms in total. The Morgan fingerprint density at radius 1 is 0.276 bits per heavy atom. The fourth-order valence-electron chi connectivity index (χ4n) is 7.83. The first-order valence-electron chi connectivity index (χ1n) is 22.6. The molecule has 0 aliphatic heterocycles. The maximum atomic E-state index is 9.01. The lowest BCUT2D eigenvalue weighted by molar-refractivity contribution is 1.07. The normalized spacial score (nSPS) is 13.1. The van der Waals surface area contributed by atoms with E-state index in [9.17, 15) is 0 Å². The predicted molar refractivity (Wildman–Crippen MR) is 242 cm³/mol. The average Bonchev–Trinajstić information content (AvgIpc) is 3.36. The zero-order valence-electron chi connectivity index (χ0n) is 38.0. The third kappa shape index (κ3) is 6.16. The van der Waals surface area contributed by atoms with Crippen LogP contribution in [-0.4, -0.2) is 15.0 Å². The van der Waals surface area contributed by atoms with Crippen LogP contribution in [0.15, 0.2) is 212 Å². The van der Waals surface area contributed by atoms with Gasteiger partial charge in [-0.15, -0.1) is 0 Å². The SMILES string of the molecule is [2H]c1c([2H])c([2H])c2c(-c3cccc(-c4nc(-c5cccc(-c6ccc7c(ccc8ccccc87)c6)c5)nc(-c5ccc6cc(-c7ccccc7)ccc6c5)n4)c3)c([2H])c([2H])c([2H])c2c1[2H]. The average molecular weight is 745 g/mol. The summed E-state index contributed by atoms with van der Waals surface area (Å²) >= 11 is 0. The van der Waals surface area contributed by atoms with E-state index < -0.39 is 30.2 Å². The molecule has 1 aromatic heterocycles. The van der Waals surface area contributed by atoms with Gasteiger partial charge in [0.2, 0.25) is 0 Å². The molecule has 11 aromatic rings. The molecule has 1 heterocycles. The number of nitrogens with zero attached hydrogens (tertiary/aromatic N) is 3. The lowest BCUT2D eigenvalue weighted by atomic mass is 9.96. The van der Waals surface area contributed by atoms with Gasteiger partial charge in [0, 0.05) is 16.7 Å². The van der Waals surface area contributed by atoms with Gasteiger partial charge in [0.05, 0.1) is 9.60 Å². The third-order valence-corrected chi connectivity index (χ3v) is 10.8. The largest absolute Gasteiger partial charge is 0.208 e. The minimum Gasteiger partial charge on any atom is -0.208 e. The molecule has 0 saturated heterocycles. The van der Waals surface area contributed by atoms with Crippen molar-refractivity contribution in [3.63, 3.8) is 0 Å². The van der Waals surface area contributed by atoms with E-state index in [1.807, 2.05) is 42.5 Å². The minimum atomic E-state index is -0.498. The molecule has 0 aliphatic carbocycles. The fourth-order valence-corrected chi connectivity index (χ4v) is 7.83. The Hall–Kier alpha value is -7.75. The Balaban J connectivity index is 1.07. The molecule has 0 atom stereocenters. The fraction of sp³-hybridized carbons (Fsp3) is 0. The Bertz CT molecular complexity index is 3750. The molecule has 58 heavy (non-hydrogen) atoms. The molecule has 0 aliphatic rings. The maximum absolute atomic E-state index is 9.01. The molecular weight excluding hydrogens is 703 g/mol. The highest BCUT2D eigenvalue weighted by atomic mass is 15.0. The van der Waals surface area contributed by atoms with Crippen molar-refractivity contribution in [3.05, 3.63) is 212 Å². The van der Waals surface area contributed by atoms with Crippen molar-refractivity contribution in [3.8, 4) is 67.5 Å². The van der Waals surface area contributed by atoms with Crippen molar-refractivity contribution in [2.45, 2.75) is 0 Å². The van der Waals surface area contributed by atoms with Gasteiger partial charge in [-0.3, -0.25) is 0 Å². The van der Waals surface area contributed by atoms with Crippen LogP contribution in [0.4, 0.5) is 0 Å². The standard InChI is InChI=1S/C55H35N3/c1-2-11-36(12-3-1)40-24-25-42-34-48(28-26-41(42)31-40)55-57-53(56-54(58-55)47-19-9-17-44(35-47)51-22-10-15-37-13-4-6-20-49(37)51)46-18-8-16-39(33-46)43-29-30-52-45(32-43)27-23-38-14-5-7-21-50(38)52/h1-35H/i4D,6D,10D,13D,15D,20D,22D. The second-order valence-electron chi connectivity index (χ2n) is 14.3. The first-order chi connectivity index (χ1) is 31.6. The predicted octanol–water partition coefficient (Wildman–Crippen LogP) is 14.5. The molecule has 270 valence electrons. The van der Waals surface area contributed by atoms with Crippen LogP contribution >= 0.6 is 0 Å². The van der Waals surface area contributed by atoms with E-state index in [1.165, 1.54) is 16.2 Å². The van der Waals surface area contributed by atoms with Crippen molar-refractivity contribution in [2.75, 3.05) is 0 Å². The summed E-state index contributed by atoms with van der Waals surface area (Å²) in [5.41, 5.74) is 6.96. The zero-order chi connectivity index (χ0) is 44.5. The minimum absolute atomic E-state index is 0.0152. The molecule has 0 spiro atoms. The van der Waals surface area contributed by atoms with E-state index in [0.717, 1.165) is 49.5 Å². The molecule has 11 rings (SSSR count). The summed E-state index contributed by atoms with van der Waals surface area (Å²) in [5.74, 6) is 1.23. The van der Waals surface area contributed by atoms with E-state index in [-0.39, 0.29) is 28.4 Å². The van der Waals surface area contributed by atoms with Gasteiger partial charge in [0.15, 0.2) is 17.5 Å². The van der Waals surface area contributed by atoms with Crippen LogP contribution < -0.4 is 0 Å². The Morgan fingerprint density at radius 3 is 1.59 bits per heavy atom. The molecule has 0 N–H and O–H groups in total. The summed E-state index contributed by atoms with van der Waals surface area (Å²) in [6.07, 6.45) is 0. The number of benzene rings is 10. The number of fused-ring (bicyclic) bond motifs is 5. The van der Waals surface area contributed by atoms with Gasteiger partial charge in [-0.2, -0.15) is 0 Å². The van der Waals surface area contributed by atoms with Crippen molar-refractivity contribution >= 4 is 43.1 Å². The number of hydrogen-bond acceptors (Lipinski definition) is 3. The summed E-state index contributed by atoms with van der Waals surface area (Å²) in [6, 6.07) is 54.3.